The van der Waals surface area contributed by atoms with Gasteiger partial charge in [-0.15, -0.1) is 0 Å². The van der Waals surface area contributed by atoms with Gasteiger partial charge in [-0.3, -0.25) is 0 Å². The van der Waals surface area contributed by atoms with E-state index in [-0.39, 0.29) is 5.54 Å². The minimum atomic E-state index is 0.222. The second kappa shape index (κ2) is 6.31. The highest BCUT2D eigenvalue weighted by molar-refractivity contribution is 9.10. The number of aromatic nitrogens is 1. The third-order valence-corrected chi connectivity index (χ3v) is 5.07. The molecule has 0 amide bonds. The molecule has 1 heterocycles. The van der Waals surface area contributed by atoms with Gasteiger partial charge in [-0.1, -0.05) is 19.8 Å². The highest BCUT2D eigenvalue weighted by Crippen LogP contribution is 2.36. The maximum atomic E-state index is 5.73. The van der Waals surface area contributed by atoms with Crippen molar-refractivity contribution >= 4 is 27.4 Å². The number of pyridine rings is 1. The molecule has 2 unspecified atom stereocenters. The molecule has 1 aliphatic rings. The topological polar surface area (TPSA) is 54.2 Å². The molecule has 1 fully saturated rings. The van der Waals surface area contributed by atoms with E-state index in [0.717, 1.165) is 22.8 Å². The Kier molecular flexibility index (Phi) is 4.91. The zero-order valence-corrected chi connectivity index (χ0v) is 14.2. The summed E-state index contributed by atoms with van der Waals surface area (Å²) in [6, 6.07) is 1.89. The van der Waals surface area contributed by atoms with Crippen LogP contribution < -0.4 is 11.1 Å². The monoisotopic (exact) mass is 340 g/mol. The van der Waals surface area contributed by atoms with Crippen molar-refractivity contribution in [1.29, 1.82) is 0 Å². The largest absolute Gasteiger partial charge is 0.397 e. The van der Waals surface area contributed by atoms with Crippen LogP contribution in [0.4, 0.5) is 11.5 Å². The molecule has 2 atom stereocenters. The summed E-state index contributed by atoms with van der Waals surface area (Å²) in [5.41, 5.74) is 6.63. The van der Waals surface area contributed by atoms with Crippen LogP contribution in [0.25, 0.3) is 0 Å². The molecule has 3 N–H and O–H groups in total. The van der Waals surface area contributed by atoms with Gasteiger partial charge >= 0.3 is 0 Å². The van der Waals surface area contributed by atoms with E-state index in [2.05, 4.69) is 52.1 Å². The number of nitrogens with two attached hydrogens (primary N) is 1. The Morgan fingerprint density at radius 3 is 2.90 bits per heavy atom. The first-order chi connectivity index (χ1) is 9.43. The van der Waals surface area contributed by atoms with Crippen LogP contribution in [0.1, 0.15) is 32.6 Å². The number of hydrogen-bond acceptors (Lipinski definition) is 4. The average Bonchev–Trinajstić information content (AvgIpc) is 2.37. The molecule has 0 aliphatic heterocycles. The second-order valence-electron chi connectivity index (χ2n) is 6.27. The van der Waals surface area contributed by atoms with Crippen molar-refractivity contribution < 1.29 is 0 Å². The molecular formula is C15H25BrN4. The van der Waals surface area contributed by atoms with Crippen molar-refractivity contribution in [3.63, 3.8) is 0 Å². The SMILES string of the molecule is CC1CCCC(CNc2ncc(N)cc2Br)(N(C)C)C1. The Morgan fingerprint density at radius 1 is 1.55 bits per heavy atom. The molecule has 0 spiro atoms. The third kappa shape index (κ3) is 3.44. The molecule has 0 bridgehead atoms. The van der Waals surface area contributed by atoms with Crippen LogP contribution in [-0.2, 0) is 0 Å². The van der Waals surface area contributed by atoms with Gasteiger partial charge in [0.15, 0.2) is 0 Å². The lowest BCUT2D eigenvalue weighted by atomic mass is 9.75. The van der Waals surface area contributed by atoms with Crippen molar-refractivity contribution in [2.75, 3.05) is 31.7 Å². The van der Waals surface area contributed by atoms with E-state index in [4.69, 9.17) is 5.73 Å². The van der Waals surface area contributed by atoms with Crippen LogP contribution in [-0.4, -0.2) is 36.1 Å². The minimum absolute atomic E-state index is 0.222. The van der Waals surface area contributed by atoms with Crippen LogP contribution in [0.2, 0.25) is 0 Å². The average molecular weight is 341 g/mol. The van der Waals surface area contributed by atoms with E-state index < -0.39 is 0 Å². The molecule has 2 rings (SSSR count). The van der Waals surface area contributed by atoms with Gasteiger partial charge in [-0.25, -0.2) is 4.98 Å². The van der Waals surface area contributed by atoms with Gasteiger partial charge in [0, 0.05) is 12.1 Å². The number of anilines is 2. The zero-order chi connectivity index (χ0) is 14.8. The Morgan fingerprint density at radius 2 is 2.30 bits per heavy atom. The quantitative estimate of drug-likeness (QED) is 0.882. The predicted molar refractivity (Wildman–Crippen MR) is 88.9 cm³/mol. The lowest BCUT2D eigenvalue weighted by molar-refractivity contribution is 0.0881. The molecule has 1 aromatic rings. The molecule has 4 nitrogen and oxygen atoms in total. The fourth-order valence-corrected chi connectivity index (χ4v) is 3.70. The van der Waals surface area contributed by atoms with Gasteiger partial charge < -0.3 is 16.0 Å². The lowest BCUT2D eigenvalue weighted by Crippen LogP contribution is -2.52. The number of nitrogen functional groups attached to an aromatic ring is 1. The summed E-state index contributed by atoms with van der Waals surface area (Å²) in [5, 5.41) is 3.50. The normalized spacial score (nSPS) is 26.8. The summed E-state index contributed by atoms with van der Waals surface area (Å²) in [5.74, 6) is 1.66. The number of nitrogens with zero attached hydrogens (tertiary/aromatic N) is 2. The number of nitrogens with one attached hydrogen (secondary N) is 1. The van der Waals surface area contributed by atoms with E-state index in [9.17, 15) is 0 Å². The second-order valence-corrected chi connectivity index (χ2v) is 7.13. The van der Waals surface area contributed by atoms with Gasteiger partial charge in [0.1, 0.15) is 5.82 Å². The third-order valence-electron chi connectivity index (χ3n) is 4.46. The van der Waals surface area contributed by atoms with E-state index in [1.165, 1.54) is 25.7 Å². The van der Waals surface area contributed by atoms with Crippen molar-refractivity contribution in [3.05, 3.63) is 16.7 Å². The molecule has 1 aromatic heterocycles. The Labute approximate surface area is 130 Å². The summed E-state index contributed by atoms with van der Waals surface area (Å²) in [4.78, 5) is 6.75. The Bertz CT molecular complexity index is 463. The molecule has 1 aliphatic carbocycles. The molecule has 5 heteroatoms. The molecule has 1 saturated carbocycles. The Hall–Kier alpha value is -0.810. The number of halogens is 1. The molecule has 112 valence electrons. The number of hydrogen-bond donors (Lipinski definition) is 2. The van der Waals surface area contributed by atoms with Crippen molar-refractivity contribution in [2.45, 2.75) is 38.1 Å². The predicted octanol–water partition coefficient (Wildman–Crippen LogP) is 3.35. The van der Waals surface area contributed by atoms with E-state index in [0.29, 0.717) is 5.69 Å². The minimum Gasteiger partial charge on any atom is -0.397 e. The van der Waals surface area contributed by atoms with Gasteiger partial charge in [-0.05, 0) is 54.9 Å². The highest BCUT2D eigenvalue weighted by Gasteiger charge is 2.36. The van der Waals surface area contributed by atoms with Crippen LogP contribution in [0.3, 0.4) is 0 Å². The maximum Gasteiger partial charge on any atom is 0.140 e. The van der Waals surface area contributed by atoms with Crippen molar-refractivity contribution in [1.82, 2.24) is 9.88 Å². The van der Waals surface area contributed by atoms with Gasteiger partial charge in [-0.2, -0.15) is 0 Å². The molecule has 0 radical (unpaired) electrons. The summed E-state index contributed by atoms with van der Waals surface area (Å²) in [6.07, 6.45) is 6.82. The smallest absolute Gasteiger partial charge is 0.140 e. The maximum absolute atomic E-state index is 5.73. The van der Waals surface area contributed by atoms with Gasteiger partial charge in [0.2, 0.25) is 0 Å². The molecular weight excluding hydrogens is 316 g/mol. The number of likely N-dealkylation sites (N-methyl/N-ethyl adjacent to an activating group) is 1. The van der Waals surface area contributed by atoms with Crippen LogP contribution >= 0.6 is 15.9 Å². The highest BCUT2D eigenvalue weighted by atomic mass is 79.9. The number of rotatable bonds is 4. The van der Waals surface area contributed by atoms with Crippen molar-refractivity contribution in [2.24, 2.45) is 5.92 Å². The van der Waals surface area contributed by atoms with Crippen LogP contribution in [0.15, 0.2) is 16.7 Å². The van der Waals surface area contributed by atoms with Gasteiger partial charge in [0.05, 0.1) is 16.4 Å². The summed E-state index contributed by atoms with van der Waals surface area (Å²) in [7, 11) is 4.37. The summed E-state index contributed by atoms with van der Waals surface area (Å²) >= 11 is 3.52. The van der Waals surface area contributed by atoms with E-state index in [1.807, 2.05) is 6.07 Å². The lowest BCUT2D eigenvalue weighted by Gasteiger charge is -2.45. The fraction of sp³-hybridized carbons (Fsp3) is 0.667. The Balaban J connectivity index is 2.09. The zero-order valence-electron chi connectivity index (χ0n) is 12.6. The molecule has 0 aromatic carbocycles. The van der Waals surface area contributed by atoms with E-state index >= 15 is 0 Å². The summed E-state index contributed by atoms with van der Waals surface area (Å²) in [6.45, 7) is 3.27. The standard InChI is InChI=1S/C15H25BrN4/c1-11-5-4-6-15(8-11,20(2)3)10-19-14-13(16)7-12(17)9-18-14/h7,9,11H,4-6,8,10,17H2,1-3H3,(H,18,19). The fourth-order valence-electron chi connectivity index (χ4n) is 3.19. The van der Waals surface area contributed by atoms with E-state index in [1.54, 1.807) is 6.20 Å². The first-order valence-electron chi connectivity index (χ1n) is 7.25. The van der Waals surface area contributed by atoms with Crippen LogP contribution in [0, 0.1) is 5.92 Å². The van der Waals surface area contributed by atoms with Crippen molar-refractivity contribution in [3.8, 4) is 0 Å². The first-order valence-corrected chi connectivity index (χ1v) is 8.04. The molecule has 20 heavy (non-hydrogen) atoms. The van der Waals surface area contributed by atoms with Gasteiger partial charge in [0.25, 0.3) is 0 Å². The van der Waals surface area contributed by atoms with Crippen LogP contribution in [0.5, 0.6) is 0 Å². The molecule has 0 saturated heterocycles. The summed E-state index contributed by atoms with van der Waals surface area (Å²) < 4.78 is 0.926. The first kappa shape index (κ1) is 15.6.